The molecule has 0 saturated heterocycles. The van der Waals surface area contributed by atoms with Crippen molar-refractivity contribution < 1.29 is 23.1 Å². The van der Waals surface area contributed by atoms with E-state index in [0.29, 0.717) is 5.56 Å². The molecule has 0 fully saturated rings. The standard InChI is InChI=1S/C14H17F3O2/c1-10(18)13(19,14(15,16)17)9-12(2,3)11-7-5-4-6-8-11/h4-8,19H,9H2,1-3H3. The molecule has 0 radical (unpaired) electrons. The molecule has 5 heteroatoms. The smallest absolute Gasteiger partial charge is 0.374 e. The number of ketones is 1. The number of halogens is 3. The van der Waals surface area contributed by atoms with Gasteiger partial charge < -0.3 is 5.11 Å². The molecule has 1 atom stereocenters. The molecule has 0 heterocycles. The normalized spacial score (nSPS) is 15.9. The fourth-order valence-corrected chi connectivity index (χ4v) is 2.06. The van der Waals surface area contributed by atoms with Gasteiger partial charge in [-0.1, -0.05) is 44.2 Å². The van der Waals surface area contributed by atoms with Gasteiger partial charge in [0, 0.05) is 6.42 Å². The van der Waals surface area contributed by atoms with E-state index in [-0.39, 0.29) is 0 Å². The van der Waals surface area contributed by atoms with Gasteiger partial charge in [0.25, 0.3) is 0 Å². The molecule has 2 nitrogen and oxygen atoms in total. The van der Waals surface area contributed by atoms with Crippen LogP contribution in [0.25, 0.3) is 0 Å². The maximum atomic E-state index is 12.9. The van der Waals surface area contributed by atoms with Crippen LogP contribution in [0.15, 0.2) is 30.3 Å². The average Bonchev–Trinajstić information content (AvgIpc) is 2.28. The van der Waals surface area contributed by atoms with Crippen LogP contribution in [0.5, 0.6) is 0 Å². The number of hydrogen-bond donors (Lipinski definition) is 1. The summed E-state index contributed by atoms with van der Waals surface area (Å²) >= 11 is 0. The molecule has 0 amide bonds. The Kier molecular flexibility index (Phi) is 4.10. The van der Waals surface area contributed by atoms with Gasteiger partial charge in [0.05, 0.1) is 0 Å². The van der Waals surface area contributed by atoms with Crippen LogP contribution in [0.4, 0.5) is 13.2 Å². The minimum absolute atomic E-state index is 0.638. The number of rotatable bonds is 4. The van der Waals surface area contributed by atoms with Crippen molar-refractivity contribution >= 4 is 5.78 Å². The zero-order chi connectivity index (χ0) is 14.9. The minimum atomic E-state index is -4.98. The molecule has 0 aliphatic rings. The maximum absolute atomic E-state index is 12.9. The van der Waals surface area contributed by atoms with Crippen molar-refractivity contribution in [1.82, 2.24) is 0 Å². The van der Waals surface area contributed by atoms with Gasteiger partial charge in [-0.2, -0.15) is 13.2 Å². The van der Waals surface area contributed by atoms with Gasteiger partial charge in [0.2, 0.25) is 5.60 Å². The van der Waals surface area contributed by atoms with E-state index in [1.165, 1.54) is 0 Å². The Morgan fingerprint density at radius 3 is 2.00 bits per heavy atom. The molecule has 0 aliphatic heterocycles. The van der Waals surface area contributed by atoms with Crippen molar-refractivity contribution in [3.05, 3.63) is 35.9 Å². The van der Waals surface area contributed by atoms with E-state index in [1.807, 2.05) is 0 Å². The largest absolute Gasteiger partial charge is 0.424 e. The third-order valence-corrected chi connectivity index (χ3v) is 3.30. The average molecular weight is 274 g/mol. The number of hydrogen-bond acceptors (Lipinski definition) is 2. The van der Waals surface area contributed by atoms with Crippen LogP contribution < -0.4 is 0 Å². The molecule has 1 aromatic rings. The van der Waals surface area contributed by atoms with Crippen LogP contribution in [0.1, 0.15) is 32.8 Å². The van der Waals surface area contributed by atoms with Crippen molar-refractivity contribution in [2.45, 2.75) is 44.4 Å². The van der Waals surface area contributed by atoms with E-state index in [2.05, 4.69) is 0 Å². The number of carbonyl (C=O) groups excluding carboxylic acids is 1. The van der Waals surface area contributed by atoms with Gasteiger partial charge in [-0.05, 0) is 17.9 Å². The summed E-state index contributed by atoms with van der Waals surface area (Å²) < 4.78 is 38.8. The van der Waals surface area contributed by atoms with Crippen molar-refractivity contribution in [3.8, 4) is 0 Å². The summed E-state index contributed by atoms with van der Waals surface area (Å²) in [5.41, 5.74) is -3.65. The molecule has 19 heavy (non-hydrogen) atoms. The molecule has 1 rings (SSSR count). The Morgan fingerprint density at radius 2 is 1.63 bits per heavy atom. The summed E-state index contributed by atoms with van der Waals surface area (Å²) in [6.45, 7) is 3.90. The van der Waals surface area contributed by atoms with E-state index in [1.54, 1.807) is 44.2 Å². The molecular weight excluding hydrogens is 257 g/mol. The summed E-state index contributed by atoms with van der Waals surface area (Å²) in [4.78, 5) is 11.3. The Balaban J connectivity index is 3.14. The van der Waals surface area contributed by atoms with Gasteiger partial charge in [-0.25, -0.2) is 0 Å². The Labute approximate surface area is 110 Å². The molecule has 0 aliphatic carbocycles. The third kappa shape index (κ3) is 3.15. The van der Waals surface area contributed by atoms with Gasteiger partial charge in [0.1, 0.15) is 0 Å². The van der Waals surface area contributed by atoms with Crippen molar-refractivity contribution in [2.75, 3.05) is 0 Å². The number of Topliss-reactive ketones (excluding diaryl/α,β-unsaturated/α-hetero) is 1. The lowest BCUT2D eigenvalue weighted by atomic mass is 9.74. The lowest BCUT2D eigenvalue weighted by Gasteiger charge is -2.36. The SMILES string of the molecule is CC(=O)C(O)(CC(C)(C)c1ccccc1)C(F)(F)F. The summed E-state index contributed by atoms with van der Waals surface area (Å²) in [5.74, 6) is -1.29. The van der Waals surface area contributed by atoms with E-state index in [0.717, 1.165) is 6.92 Å². The molecule has 0 saturated carbocycles. The minimum Gasteiger partial charge on any atom is -0.374 e. The predicted octanol–water partition coefficient (Wildman–Crippen LogP) is 3.24. The summed E-state index contributed by atoms with van der Waals surface area (Å²) in [6.07, 6.45) is -5.69. The first-order valence-electron chi connectivity index (χ1n) is 5.86. The Bertz CT molecular complexity index is 452. The second kappa shape index (κ2) is 4.96. The molecule has 1 aromatic carbocycles. The molecule has 1 N–H and O–H groups in total. The number of alkyl halides is 3. The summed E-state index contributed by atoms with van der Waals surface area (Å²) in [6, 6.07) is 8.52. The van der Waals surface area contributed by atoms with E-state index in [9.17, 15) is 23.1 Å². The molecule has 0 aromatic heterocycles. The zero-order valence-corrected chi connectivity index (χ0v) is 11.1. The fraction of sp³-hybridized carbons (Fsp3) is 0.500. The van der Waals surface area contributed by atoms with Crippen LogP contribution in [-0.4, -0.2) is 22.7 Å². The van der Waals surface area contributed by atoms with Gasteiger partial charge in [-0.15, -0.1) is 0 Å². The first-order chi connectivity index (χ1) is 8.51. The first-order valence-corrected chi connectivity index (χ1v) is 5.86. The Hall–Kier alpha value is -1.36. The lowest BCUT2D eigenvalue weighted by molar-refractivity contribution is -0.255. The highest BCUT2D eigenvalue weighted by atomic mass is 19.4. The molecule has 106 valence electrons. The molecule has 1 unspecified atom stereocenters. The van der Waals surface area contributed by atoms with Gasteiger partial charge >= 0.3 is 6.18 Å². The molecule has 0 spiro atoms. The van der Waals surface area contributed by atoms with E-state index in [4.69, 9.17) is 0 Å². The van der Waals surface area contributed by atoms with Crippen molar-refractivity contribution in [1.29, 1.82) is 0 Å². The summed E-state index contributed by atoms with van der Waals surface area (Å²) in [5, 5.41) is 9.75. The van der Waals surface area contributed by atoms with Crippen molar-refractivity contribution in [3.63, 3.8) is 0 Å². The number of carbonyl (C=O) groups is 1. The lowest BCUT2D eigenvalue weighted by Crippen LogP contribution is -2.54. The highest BCUT2D eigenvalue weighted by Crippen LogP contribution is 2.41. The number of benzene rings is 1. The van der Waals surface area contributed by atoms with Gasteiger partial charge in [-0.3, -0.25) is 4.79 Å². The zero-order valence-electron chi connectivity index (χ0n) is 11.1. The third-order valence-electron chi connectivity index (χ3n) is 3.30. The highest BCUT2D eigenvalue weighted by molar-refractivity contribution is 5.85. The highest BCUT2D eigenvalue weighted by Gasteiger charge is 2.59. The Morgan fingerprint density at radius 1 is 1.16 bits per heavy atom. The van der Waals surface area contributed by atoms with Crippen LogP contribution in [-0.2, 0) is 10.2 Å². The second-order valence-electron chi connectivity index (χ2n) is 5.34. The number of aliphatic hydroxyl groups is 1. The first kappa shape index (κ1) is 15.7. The van der Waals surface area contributed by atoms with Crippen LogP contribution in [0.2, 0.25) is 0 Å². The second-order valence-corrected chi connectivity index (χ2v) is 5.34. The maximum Gasteiger partial charge on any atom is 0.424 e. The van der Waals surface area contributed by atoms with Gasteiger partial charge in [0.15, 0.2) is 5.78 Å². The monoisotopic (exact) mass is 274 g/mol. The predicted molar refractivity (Wildman–Crippen MR) is 65.8 cm³/mol. The van der Waals surface area contributed by atoms with Crippen molar-refractivity contribution in [2.24, 2.45) is 0 Å². The molecule has 0 bridgehead atoms. The topological polar surface area (TPSA) is 37.3 Å². The van der Waals surface area contributed by atoms with E-state index >= 15 is 0 Å². The van der Waals surface area contributed by atoms with Crippen LogP contribution in [0.3, 0.4) is 0 Å². The van der Waals surface area contributed by atoms with Crippen LogP contribution >= 0.6 is 0 Å². The fourth-order valence-electron chi connectivity index (χ4n) is 2.06. The molecular formula is C14H17F3O2. The van der Waals surface area contributed by atoms with E-state index < -0.39 is 29.4 Å². The van der Waals surface area contributed by atoms with Crippen LogP contribution in [0, 0.1) is 0 Å². The quantitative estimate of drug-likeness (QED) is 0.915. The summed E-state index contributed by atoms with van der Waals surface area (Å²) in [7, 11) is 0.